The summed E-state index contributed by atoms with van der Waals surface area (Å²) in [4.78, 5) is 0. The molecule has 0 aromatic heterocycles. The highest BCUT2D eigenvalue weighted by atomic mass is 14.9. The fourth-order valence-corrected chi connectivity index (χ4v) is 2.12. The second kappa shape index (κ2) is 7.37. The molecule has 0 bridgehead atoms. The molecular weight excluding hydrogens is 206 g/mol. The number of hydrogen-bond donors (Lipinski definition) is 1. The summed E-state index contributed by atoms with van der Waals surface area (Å²) in [6.07, 6.45) is 5.29. The molecule has 0 saturated heterocycles. The summed E-state index contributed by atoms with van der Waals surface area (Å²) in [6, 6.07) is 6.63. The Morgan fingerprint density at radius 1 is 1.18 bits per heavy atom. The molecule has 1 rings (SSSR count). The quantitative estimate of drug-likeness (QED) is 0.704. The molecular formula is C16H27N. The lowest BCUT2D eigenvalue weighted by atomic mass is 9.99. The molecule has 1 unspecified atom stereocenters. The van der Waals surface area contributed by atoms with E-state index in [-0.39, 0.29) is 0 Å². The van der Waals surface area contributed by atoms with E-state index in [1.807, 2.05) is 0 Å². The van der Waals surface area contributed by atoms with Crippen LogP contribution in [0.1, 0.15) is 50.7 Å². The van der Waals surface area contributed by atoms with Crippen molar-refractivity contribution >= 4 is 5.69 Å². The van der Waals surface area contributed by atoms with Gasteiger partial charge in [0.15, 0.2) is 0 Å². The fourth-order valence-electron chi connectivity index (χ4n) is 2.12. The Morgan fingerprint density at radius 3 is 2.59 bits per heavy atom. The Kier molecular flexibility index (Phi) is 6.10. The van der Waals surface area contributed by atoms with Crippen LogP contribution in [0.25, 0.3) is 0 Å². The topological polar surface area (TPSA) is 12.0 Å². The standard InChI is InChI=1S/C16H27N/c1-5-7-8-15(6-2)12-17-16-11-13(3)9-10-14(16)4/h9-11,15,17H,5-8,12H2,1-4H3. The van der Waals surface area contributed by atoms with Gasteiger partial charge in [0.25, 0.3) is 0 Å². The Hall–Kier alpha value is -0.980. The minimum absolute atomic E-state index is 0.815. The van der Waals surface area contributed by atoms with E-state index in [1.165, 1.54) is 42.5 Å². The molecule has 0 saturated carbocycles. The normalized spacial score (nSPS) is 12.5. The molecule has 1 aromatic carbocycles. The van der Waals surface area contributed by atoms with Gasteiger partial charge in [0.2, 0.25) is 0 Å². The van der Waals surface area contributed by atoms with Crippen LogP contribution in [-0.2, 0) is 0 Å². The first-order chi connectivity index (χ1) is 8.17. The molecule has 0 amide bonds. The number of benzene rings is 1. The second-order valence-electron chi connectivity index (χ2n) is 5.12. The van der Waals surface area contributed by atoms with Crippen LogP contribution in [0.3, 0.4) is 0 Å². The lowest BCUT2D eigenvalue weighted by Crippen LogP contribution is -2.14. The lowest BCUT2D eigenvalue weighted by Gasteiger charge is -2.17. The Balaban J connectivity index is 2.50. The predicted molar refractivity (Wildman–Crippen MR) is 77.7 cm³/mol. The average molecular weight is 233 g/mol. The summed E-state index contributed by atoms with van der Waals surface area (Å²) in [5, 5.41) is 3.61. The van der Waals surface area contributed by atoms with E-state index < -0.39 is 0 Å². The minimum atomic E-state index is 0.815. The molecule has 96 valence electrons. The van der Waals surface area contributed by atoms with Gasteiger partial charge in [-0.25, -0.2) is 0 Å². The van der Waals surface area contributed by atoms with Gasteiger partial charge in [0, 0.05) is 12.2 Å². The number of anilines is 1. The van der Waals surface area contributed by atoms with Gasteiger partial charge < -0.3 is 5.32 Å². The highest BCUT2D eigenvalue weighted by molar-refractivity contribution is 5.52. The van der Waals surface area contributed by atoms with Crippen molar-refractivity contribution in [3.63, 3.8) is 0 Å². The minimum Gasteiger partial charge on any atom is -0.385 e. The first-order valence-corrected chi connectivity index (χ1v) is 6.98. The molecule has 0 radical (unpaired) electrons. The molecule has 1 atom stereocenters. The first kappa shape index (κ1) is 14.1. The molecule has 0 spiro atoms. The summed E-state index contributed by atoms with van der Waals surface area (Å²) in [6.45, 7) is 10.0. The summed E-state index contributed by atoms with van der Waals surface area (Å²) in [5.74, 6) is 0.815. The van der Waals surface area contributed by atoms with Crippen LogP contribution in [0, 0.1) is 19.8 Å². The van der Waals surface area contributed by atoms with Gasteiger partial charge in [-0.15, -0.1) is 0 Å². The zero-order valence-electron chi connectivity index (χ0n) is 11.8. The third-order valence-corrected chi connectivity index (χ3v) is 3.52. The van der Waals surface area contributed by atoms with Gasteiger partial charge in [-0.3, -0.25) is 0 Å². The summed E-state index contributed by atoms with van der Waals surface area (Å²) < 4.78 is 0. The van der Waals surface area contributed by atoms with Gasteiger partial charge >= 0.3 is 0 Å². The lowest BCUT2D eigenvalue weighted by molar-refractivity contribution is 0.472. The Bertz CT molecular complexity index is 330. The van der Waals surface area contributed by atoms with Crippen molar-refractivity contribution in [1.29, 1.82) is 0 Å². The smallest absolute Gasteiger partial charge is 0.0372 e. The van der Waals surface area contributed by atoms with Gasteiger partial charge in [-0.1, -0.05) is 45.2 Å². The third kappa shape index (κ3) is 4.80. The van der Waals surface area contributed by atoms with E-state index in [2.05, 4.69) is 51.2 Å². The maximum absolute atomic E-state index is 3.61. The van der Waals surface area contributed by atoms with E-state index in [0.717, 1.165) is 12.5 Å². The molecule has 0 aliphatic carbocycles. The maximum Gasteiger partial charge on any atom is 0.0372 e. The molecule has 1 heteroatoms. The van der Waals surface area contributed by atoms with Crippen molar-refractivity contribution in [2.24, 2.45) is 5.92 Å². The van der Waals surface area contributed by atoms with Gasteiger partial charge in [-0.05, 0) is 43.4 Å². The number of rotatable bonds is 7. The molecule has 0 aliphatic heterocycles. The van der Waals surface area contributed by atoms with Crippen molar-refractivity contribution in [1.82, 2.24) is 0 Å². The Labute approximate surface area is 107 Å². The van der Waals surface area contributed by atoms with Crippen molar-refractivity contribution in [3.05, 3.63) is 29.3 Å². The summed E-state index contributed by atoms with van der Waals surface area (Å²) >= 11 is 0. The van der Waals surface area contributed by atoms with Crippen LogP contribution >= 0.6 is 0 Å². The second-order valence-corrected chi connectivity index (χ2v) is 5.12. The van der Waals surface area contributed by atoms with Crippen LogP contribution in [0.5, 0.6) is 0 Å². The molecule has 17 heavy (non-hydrogen) atoms. The van der Waals surface area contributed by atoms with Crippen LogP contribution in [0.4, 0.5) is 5.69 Å². The number of aryl methyl sites for hydroxylation is 2. The van der Waals surface area contributed by atoms with Crippen LogP contribution in [-0.4, -0.2) is 6.54 Å². The molecule has 0 fully saturated rings. The van der Waals surface area contributed by atoms with Gasteiger partial charge in [0.05, 0.1) is 0 Å². The number of hydrogen-bond acceptors (Lipinski definition) is 1. The molecule has 0 heterocycles. The zero-order valence-corrected chi connectivity index (χ0v) is 11.8. The first-order valence-electron chi connectivity index (χ1n) is 6.98. The monoisotopic (exact) mass is 233 g/mol. The highest BCUT2D eigenvalue weighted by Crippen LogP contribution is 2.19. The summed E-state index contributed by atoms with van der Waals surface area (Å²) in [5.41, 5.74) is 3.99. The van der Waals surface area contributed by atoms with E-state index in [9.17, 15) is 0 Å². The van der Waals surface area contributed by atoms with Crippen molar-refractivity contribution in [3.8, 4) is 0 Å². The predicted octanol–water partition coefficient (Wildman–Crippen LogP) is 4.93. The van der Waals surface area contributed by atoms with Gasteiger partial charge in [-0.2, -0.15) is 0 Å². The Morgan fingerprint density at radius 2 is 1.94 bits per heavy atom. The van der Waals surface area contributed by atoms with Gasteiger partial charge in [0.1, 0.15) is 0 Å². The summed E-state index contributed by atoms with van der Waals surface area (Å²) in [7, 11) is 0. The van der Waals surface area contributed by atoms with Crippen molar-refractivity contribution in [2.45, 2.75) is 53.4 Å². The average Bonchev–Trinajstić information content (AvgIpc) is 2.33. The fraction of sp³-hybridized carbons (Fsp3) is 0.625. The van der Waals surface area contributed by atoms with Crippen molar-refractivity contribution < 1.29 is 0 Å². The van der Waals surface area contributed by atoms with E-state index in [1.54, 1.807) is 0 Å². The molecule has 1 N–H and O–H groups in total. The number of nitrogens with one attached hydrogen (secondary N) is 1. The van der Waals surface area contributed by atoms with Crippen LogP contribution in [0.2, 0.25) is 0 Å². The SMILES string of the molecule is CCCCC(CC)CNc1cc(C)ccc1C. The molecule has 0 aliphatic rings. The zero-order chi connectivity index (χ0) is 12.7. The van der Waals surface area contributed by atoms with E-state index in [4.69, 9.17) is 0 Å². The van der Waals surface area contributed by atoms with Crippen LogP contribution in [0.15, 0.2) is 18.2 Å². The van der Waals surface area contributed by atoms with Crippen molar-refractivity contribution in [2.75, 3.05) is 11.9 Å². The highest BCUT2D eigenvalue weighted by Gasteiger charge is 2.06. The largest absolute Gasteiger partial charge is 0.385 e. The van der Waals surface area contributed by atoms with Crippen LogP contribution < -0.4 is 5.32 Å². The molecule has 1 aromatic rings. The number of unbranched alkanes of at least 4 members (excludes halogenated alkanes) is 1. The maximum atomic E-state index is 3.61. The van der Waals surface area contributed by atoms with E-state index >= 15 is 0 Å². The van der Waals surface area contributed by atoms with E-state index in [0.29, 0.717) is 0 Å². The third-order valence-electron chi connectivity index (χ3n) is 3.52. The molecule has 1 nitrogen and oxygen atoms in total.